The zero-order chi connectivity index (χ0) is 24.8. The Balaban J connectivity index is 1.27. The van der Waals surface area contributed by atoms with Crippen LogP contribution in [0, 0.1) is 5.92 Å². The van der Waals surface area contributed by atoms with Gasteiger partial charge in [0, 0.05) is 48.4 Å². The minimum Gasteiger partial charge on any atom is -0.497 e. The highest BCUT2D eigenvalue weighted by Gasteiger charge is 2.38. The van der Waals surface area contributed by atoms with Gasteiger partial charge in [-0.05, 0) is 60.9 Å². The van der Waals surface area contributed by atoms with Gasteiger partial charge in [-0.3, -0.25) is 14.4 Å². The van der Waals surface area contributed by atoms with Crippen LogP contribution in [0.3, 0.4) is 0 Å². The monoisotopic (exact) mass is 487 g/mol. The second kappa shape index (κ2) is 8.75. The molecule has 36 heavy (non-hydrogen) atoms. The molecule has 1 aromatic heterocycles. The molecule has 2 amide bonds. The van der Waals surface area contributed by atoms with Crippen LogP contribution in [0.5, 0.6) is 17.2 Å². The number of ether oxygens (including phenoxy) is 3. The van der Waals surface area contributed by atoms with Gasteiger partial charge in [0.2, 0.25) is 6.79 Å². The zero-order valence-electron chi connectivity index (χ0n) is 19.7. The molecule has 0 radical (unpaired) electrons. The first-order valence-corrected chi connectivity index (χ1v) is 11.9. The first-order chi connectivity index (χ1) is 17.5. The molecule has 0 unspecified atom stereocenters. The lowest BCUT2D eigenvalue weighted by Crippen LogP contribution is -2.49. The minimum atomic E-state index is -0.307. The number of carbonyl (C=O) groups excluding carboxylic acids is 2. The molecule has 184 valence electrons. The Hall–Kier alpha value is -4.27. The fourth-order valence-corrected chi connectivity index (χ4v) is 5.43. The molecule has 1 fully saturated rings. The van der Waals surface area contributed by atoms with Gasteiger partial charge in [0.25, 0.3) is 17.4 Å². The molecule has 0 spiro atoms. The van der Waals surface area contributed by atoms with Crippen molar-refractivity contribution in [2.45, 2.75) is 18.9 Å². The number of methoxy groups -OCH3 is 1. The number of aromatic nitrogens is 1. The summed E-state index contributed by atoms with van der Waals surface area (Å²) in [5, 5.41) is 2.98. The molecule has 9 nitrogen and oxygen atoms in total. The Bertz CT molecular complexity index is 1410. The molecule has 2 atom stereocenters. The van der Waals surface area contributed by atoms with Crippen molar-refractivity contribution in [3.05, 3.63) is 81.8 Å². The summed E-state index contributed by atoms with van der Waals surface area (Å²) in [4.78, 5) is 41.0. The molecule has 4 heterocycles. The Labute approximate surface area is 207 Å². The third-order valence-electron chi connectivity index (χ3n) is 7.10. The van der Waals surface area contributed by atoms with Gasteiger partial charge in [-0.15, -0.1) is 0 Å². The van der Waals surface area contributed by atoms with Crippen molar-refractivity contribution >= 4 is 17.5 Å². The van der Waals surface area contributed by atoms with Crippen LogP contribution in [0.1, 0.15) is 38.7 Å². The maximum Gasteiger partial charge on any atom is 0.255 e. The largest absolute Gasteiger partial charge is 0.497 e. The van der Waals surface area contributed by atoms with Crippen LogP contribution in [0.4, 0.5) is 5.69 Å². The van der Waals surface area contributed by atoms with Gasteiger partial charge >= 0.3 is 0 Å². The molecule has 1 N–H and O–H groups in total. The summed E-state index contributed by atoms with van der Waals surface area (Å²) in [7, 11) is 1.59. The van der Waals surface area contributed by atoms with E-state index in [2.05, 4.69) is 5.32 Å². The molecule has 2 aromatic carbocycles. The third kappa shape index (κ3) is 3.86. The van der Waals surface area contributed by atoms with Crippen molar-refractivity contribution in [2.24, 2.45) is 5.92 Å². The van der Waals surface area contributed by atoms with Crippen LogP contribution in [0.15, 0.2) is 59.4 Å². The molecule has 3 aliphatic rings. The van der Waals surface area contributed by atoms with Crippen molar-refractivity contribution in [3.63, 3.8) is 0 Å². The fraction of sp³-hybridized carbons (Fsp3) is 0.296. The number of nitrogens with one attached hydrogen (secondary N) is 1. The lowest BCUT2D eigenvalue weighted by Gasteiger charge is -2.43. The highest BCUT2D eigenvalue weighted by molar-refractivity contribution is 6.05. The first kappa shape index (κ1) is 22.2. The summed E-state index contributed by atoms with van der Waals surface area (Å²) in [5.74, 6) is 1.56. The highest BCUT2D eigenvalue weighted by atomic mass is 16.7. The summed E-state index contributed by atoms with van der Waals surface area (Å²) in [6, 6.07) is 15.2. The molecule has 9 heteroatoms. The van der Waals surface area contributed by atoms with E-state index in [1.165, 1.54) is 6.07 Å². The number of anilines is 1. The molecule has 3 aliphatic heterocycles. The number of piperidine rings is 1. The Morgan fingerprint density at radius 2 is 1.72 bits per heavy atom. The van der Waals surface area contributed by atoms with E-state index >= 15 is 0 Å². The number of benzene rings is 2. The lowest BCUT2D eigenvalue weighted by atomic mass is 9.82. The Morgan fingerprint density at radius 1 is 0.944 bits per heavy atom. The van der Waals surface area contributed by atoms with Crippen LogP contribution in [-0.4, -0.2) is 48.3 Å². The van der Waals surface area contributed by atoms with Crippen molar-refractivity contribution in [3.8, 4) is 17.2 Å². The molecule has 2 bridgehead atoms. The van der Waals surface area contributed by atoms with Crippen LogP contribution < -0.4 is 25.1 Å². The smallest absolute Gasteiger partial charge is 0.255 e. The summed E-state index contributed by atoms with van der Waals surface area (Å²) < 4.78 is 17.7. The van der Waals surface area contributed by atoms with Gasteiger partial charge in [0.15, 0.2) is 11.5 Å². The topological polar surface area (TPSA) is 99.1 Å². The van der Waals surface area contributed by atoms with Crippen LogP contribution in [0.25, 0.3) is 0 Å². The highest BCUT2D eigenvalue weighted by Crippen LogP contribution is 2.39. The molecule has 0 aliphatic carbocycles. The normalized spacial score (nSPS) is 19.4. The first-order valence-electron chi connectivity index (χ1n) is 11.9. The van der Waals surface area contributed by atoms with E-state index in [4.69, 9.17) is 14.2 Å². The average Bonchev–Trinajstić information content (AvgIpc) is 3.38. The van der Waals surface area contributed by atoms with E-state index in [1.54, 1.807) is 60.2 Å². The predicted molar refractivity (Wildman–Crippen MR) is 131 cm³/mol. The van der Waals surface area contributed by atoms with E-state index < -0.39 is 0 Å². The van der Waals surface area contributed by atoms with Crippen molar-refractivity contribution in [1.82, 2.24) is 9.47 Å². The number of hydrogen-bond acceptors (Lipinski definition) is 6. The number of rotatable bonds is 4. The predicted octanol–water partition coefficient (Wildman–Crippen LogP) is 3.10. The van der Waals surface area contributed by atoms with Crippen LogP contribution >= 0.6 is 0 Å². The van der Waals surface area contributed by atoms with Crippen LogP contribution in [0.2, 0.25) is 0 Å². The summed E-state index contributed by atoms with van der Waals surface area (Å²) in [5.41, 5.74) is 2.27. The molecule has 3 aromatic rings. The molecular weight excluding hydrogens is 462 g/mol. The quantitative estimate of drug-likeness (QED) is 0.607. The minimum absolute atomic E-state index is 0.0509. The maximum atomic E-state index is 13.3. The van der Waals surface area contributed by atoms with Gasteiger partial charge in [-0.1, -0.05) is 0 Å². The second-order valence-corrected chi connectivity index (χ2v) is 9.34. The van der Waals surface area contributed by atoms with Crippen LogP contribution in [-0.2, 0) is 6.54 Å². The standard InChI is InChI=1S/C27H25N3O6/c1-34-20-5-2-17(3-6-20)27(33)29-12-16-10-19(14-29)25-21(7-9-24(31)30(25)13-16)28-26(32)18-4-8-22-23(11-18)36-15-35-22/h2-9,11,16,19H,10,12-15H2,1H3,(H,28,32)/t16-,19-/m1/s1. The zero-order valence-corrected chi connectivity index (χ0v) is 19.7. The molecule has 6 rings (SSSR count). The van der Waals surface area contributed by atoms with Gasteiger partial charge in [-0.25, -0.2) is 0 Å². The van der Waals surface area contributed by atoms with E-state index in [9.17, 15) is 14.4 Å². The summed E-state index contributed by atoms with van der Waals surface area (Å²) in [6.07, 6.45) is 0.850. The van der Waals surface area contributed by atoms with E-state index in [-0.39, 0.29) is 36.0 Å². The number of hydrogen-bond donors (Lipinski definition) is 1. The van der Waals surface area contributed by atoms with Gasteiger partial charge < -0.3 is 29.0 Å². The third-order valence-corrected chi connectivity index (χ3v) is 7.10. The summed E-state index contributed by atoms with van der Waals surface area (Å²) in [6.45, 7) is 1.69. The van der Waals surface area contributed by atoms with Gasteiger partial charge in [-0.2, -0.15) is 0 Å². The van der Waals surface area contributed by atoms with E-state index in [1.807, 2.05) is 4.90 Å². The van der Waals surface area contributed by atoms with Crippen molar-refractivity contribution in [2.75, 3.05) is 32.3 Å². The summed E-state index contributed by atoms with van der Waals surface area (Å²) >= 11 is 0. The average molecular weight is 488 g/mol. The Kier molecular flexibility index (Phi) is 5.40. The fourth-order valence-electron chi connectivity index (χ4n) is 5.43. The molecular formula is C27H25N3O6. The number of likely N-dealkylation sites (tertiary alicyclic amines) is 1. The number of fused-ring (bicyclic) bond motifs is 5. The van der Waals surface area contributed by atoms with Gasteiger partial charge in [0.1, 0.15) is 5.75 Å². The number of amides is 2. The molecule has 0 saturated carbocycles. The van der Waals surface area contributed by atoms with Crippen molar-refractivity contribution < 1.29 is 23.8 Å². The van der Waals surface area contributed by atoms with E-state index in [0.29, 0.717) is 53.7 Å². The maximum absolute atomic E-state index is 13.3. The van der Waals surface area contributed by atoms with Gasteiger partial charge in [0.05, 0.1) is 12.8 Å². The number of nitrogens with zero attached hydrogens (tertiary/aromatic N) is 2. The lowest BCUT2D eigenvalue weighted by molar-refractivity contribution is 0.0595. The van der Waals surface area contributed by atoms with Crippen molar-refractivity contribution in [1.29, 1.82) is 0 Å². The number of pyridine rings is 1. The number of carbonyl (C=O) groups is 2. The Morgan fingerprint density at radius 3 is 2.53 bits per heavy atom. The molecule has 1 saturated heterocycles. The second-order valence-electron chi connectivity index (χ2n) is 9.34. The SMILES string of the molecule is COc1ccc(C(=O)N2C[C@H]3C[C@H](C2)c2c(NC(=O)c4ccc5c(c4)OCO5)ccc(=O)n2C3)cc1. The van der Waals surface area contributed by atoms with E-state index in [0.717, 1.165) is 12.1 Å².